The molecule has 2 aliphatic rings. The molecule has 0 bridgehead atoms. The molecule has 14 heteroatoms. The van der Waals surface area contributed by atoms with Crippen molar-refractivity contribution in [2.24, 2.45) is 0 Å². The Bertz CT molecular complexity index is 3210. The van der Waals surface area contributed by atoms with E-state index in [1.54, 1.807) is 49.5 Å². The first-order valence-electron chi connectivity index (χ1n) is 19.6. The van der Waals surface area contributed by atoms with Crippen LogP contribution in [-0.4, -0.2) is 37.7 Å². The minimum absolute atomic E-state index is 0. The number of para-hydroxylation sites is 1. The van der Waals surface area contributed by atoms with Crippen LogP contribution in [0.3, 0.4) is 0 Å². The number of aryl methyl sites for hydroxylation is 4. The number of fused-ring (bicyclic) bond motifs is 2. The van der Waals surface area contributed by atoms with Crippen molar-refractivity contribution in [3.05, 3.63) is 179 Å². The monoisotopic (exact) mass is 936 g/mol. The Labute approximate surface area is 419 Å². The molecule has 8 rings (SSSR count). The summed E-state index contributed by atoms with van der Waals surface area (Å²) in [4.78, 5) is 3.70. The van der Waals surface area contributed by atoms with Gasteiger partial charge in [-0.15, -0.1) is 11.8 Å². The third-order valence-electron chi connectivity index (χ3n) is 10.7. The zero-order chi connectivity index (χ0) is 43.8. The summed E-state index contributed by atoms with van der Waals surface area (Å²) in [6.07, 6.45) is 0. The average molecular weight is 937 g/mol. The maximum absolute atomic E-state index is 12.8. The molecule has 0 saturated heterocycles. The van der Waals surface area contributed by atoms with Crippen LogP contribution in [0.1, 0.15) is 22.3 Å². The number of hydrogen-bond acceptors (Lipinski definition) is 10. The second-order valence-corrected chi connectivity index (χ2v) is 19.7. The number of anilines is 2. The minimum Gasteiger partial charge on any atom is -0.744 e. The molecule has 0 N–H and O–H groups in total. The smallest absolute Gasteiger partial charge is 0.744 e. The zero-order valence-electron chi connectivity index (χ0n) is 35.2. The SMILES string of the molecule is Cc1cccc(C)c1N(CSc1ccccc1)c1ccc2c(-c3ccccc3S(=O)(=O)[O-])c3cc/c(=[N+](/CSc4ccccc4)c4c(C)cc(S(=O)(=O)[O-])cc4C)cc-3oc2c1.[K+]. The summed E-state index contributed by atoms with van der Waals surface area (Å²) in [5.74, 6) is 1.38. The van der Waals surface area contributed by atoms with Crippen molar-refractivity contribution in [1.82, 2.24) is 4.58 Å². The van der Waals surface area contributed by atoms with E-state index in [4.69, 9.17) is 4.42 Å². The number of rotatable bonds is 12. The molecule has 314 valence electrons. The summed E-state index contributed by atoms with van der Waals surface area (Å²) in [5, 5.41) is 1.30. The van der Waals surface area contributed by atoms with Gasteiger partial charge in [-0.3, -0.25) is 0 Å². The predicted octanol–water partition coefficient (Wildman–Crippen LogP) is 7.99. The molecule has 0 spiro atoms. The molecule has 0 saturated carbocycles. The first kappa shape index (κ1) is 46.9. The van der Waals surface area contributed by atoms with Gasteiger partial charge in [0.15, 0.2) is 5.88 Å². The Kier molecular flexibility index (Phi) is 14.6. The van der Waals surface area contributed by atoms with Crippen LogP contribution in [0.15, 0.2) is 176 Å². The van der Waals surface area contributed by atoms with Crippen molar-refractivity contribution in [2.75, 3.05) is 16.7 Å². The molecule has 1 heterocycles. The van der Waals surface area contributed by atoms with Crippen LogP contribution in [-0.2, 0) is 20.2 Å². The van der Waals surface area contributed by atoms with Gasteiger partial charge in [0.05, 0.1) is 21.7 Å². The Morgan fingerprint density at radius 3 is 1.83 bits per heavy atom. The van der Waals surface area contributed by atoms with E-state index in [1.807, 2.05) is 95.6 Å². The molecule has 0 aromatic heterocycles. The van der Waals surface area contributed by atoms with Crippen LogP contribution in [0.2, 0.25) is 0 Å². The summed E-state index contributed by atoms with van der Waals surface area (Å²) in [6.45, 7) is 7.71. The van der Waals surface area contributed by atoms with Gasteiger partial charge < -0.3 is 18.4 Å². The summed E-state index contributed by atoms with van der Waals surface area (Å²) >= 11 is 3.27. The topological polar surface area (TPSA) is 134 Å². The molecule has 6 aromatic carbocycles. The first-order valence-corrected chi connectivity index (χ1v) is 24.4. The van der Waals surface area contributed by atoms with E-state index >= 15 is 0 Å². The Morgan fingerprint density at radius 2 is 1.21 bits per heavy atom. The Morgan fingerprint density at radius 1 is 0.603 bits per heavy atom. The van der Waals surface area contributed by atoms with Gasteiger partial charge in [-0.25, -0.2) is 16.8 Å². The largest absolute Gasteiger partial charge is 1.00 e. The third-order valence-corrected chi connectivity index (χ3v) is 14.4. The molecule has 0 unspecified atom stereocenters. The average Bonchev–Trinajstić information content (AvgIpc) is 3.24. The third kappa shape index (κ3) is 10.3. The van der Waals surface area contributed by atoms with Gasteiger partial charge in [-0.1, -0.05) is 84.6 Å². The molecule has 63 heavy (non-hydrogen) atoms. The molecular weight excluding hydrogens is 896 g/mol. The maximum Gasteiger partial charge on any atom is 1.00 e. The van der Waals surface area contributed by atoms with Crippen LogP contribution < -0.4 is 66.2 Å². The van der Waals surface area contributed by atoms with Gasteiger partial charge in [0, 0.05) is 66.5 Å². The fourth-order valence-electron chi connectivity index (χ4n) is 7.95. The quantitative estimate of drug-likeness (QED) is 0.0297. The van der Waals surface area contributed by atoms with E-state index in [0.717, 1.165) is 32.3 Å². The van der Waals surface area contributed by atoms with Crippen LogP contribution >= 0.6 is 23.5 Å². The number of thioether (sulfide) groups is 2. The zero-order valence-corrected chi connectivity index (χ0v) is 41.6. The van der Waals surface area contributed by atoms with Crippen molar-refractivity contribution in [1.29, 1.82) is 0 Å². The number of nitrogens with zero attached hydrogens (tertiary/aromatic N) is 2. The van der Waals surface area contributed by atoms with Gasteiger partial charge >= 0.3 is 51.4 Å². The second-order valence-electron chi connectivity index (χ2n) is 14.9. The van der Waals surface area contributed by atoms with E-state index in [-0.39, 0.29) is 66.7 Å². The second kappa shape index (κ2) is 19.6. The summed E-state index contributed by atoms with van der Waals surface area (Å²) < 4.78 is 83.8. The summed E-state index contributed by atoms with van der Waals surface area (Å²) in [5.41, 5.74) is 7.77. The standard InChI is InChI=1S/C49H42N2O7S4.K/c1-32-14-13-15-33(2)48(32)50(30-59-38-16-7-5-8-17-38)36-22-24-41-44(28-36)58-45-29-37(23-25-42(45)47(41)43-20-11-12-21-46(43)62(55,56)57)51(31-60-39-18-9-6-10-19-39)49-34(3)26-40(27-35(49)4)61(52,53)54;/h5-29H,30-31H2,1-4H3,(H-,52,53,54,55,56,57);/q;+1/p-1. The summed E-state index contributed by atoms with van der Waals surface area (Å²) in [6, 6.07) is 46.7. The maximum atomic E-state index is 12.8. The molecule has 9 nitrogen and oxygen atoms in total. The normalized spacial score (nSPS) is 12.3. The van der Waals surface area contributed by atoms with Crippen LogP contribution in [0.5, 0.6) is 0 Å². The molecule has 0 atom stereocenters. The van der Waals surface area contributed by atoms with Crippen LogP contribution in [0.25, 0.3) is 33.4 Å². The number of benzene rings is 7. The fourth-order valence-corrected chi connectivity index (χ4v) is 11.1. The molecule has 0 radical (unpaired) electrons. The molecule has 6 aromatic rings. The van der Waals surface area contributed by atoms with Crippen molar-refractivity contribution < 1.29 is 81.7 Å². The molecular formula is C49H41KN2O7S4. The van der Waals surface area contributed by atoms with Crippen molar-refractivity contribution >= 4 is 71.8 Å². The van der Waals surface area contributed by atoms with Crippen molar-refractivity contribution in [2.45, 2.75) is 47.3 Å². The molecule has 0 fully saturated rings. The Balaban J connectivity index is 0.00000595. The van der Waals surface area contributed by atoms with E-state index in [0.29, 0.717) is 61.8 Å². The molecule has 0 amide bonds. The van der Waals surface area contributed by atoms with E-state index < -0.39 is 20.2 Å². The molecule has 1 aliphatic heterocycles. The van der Waals surface area contributed by atoms with E-state index in [9.17, 15) is 25.9 Å². The van der Waals surface area contributed by atoms with Crippen molar-refractivity contribution in [3.8, 4) is 22.5 Å². The fraction of sp³-hybridized carbons (Fsp3) is 0.122. The minimum atomic E-state index is -4.90. The molecule has 1 aliphatic carbocycles. The van der Waals surface area contributed by atoms with Gasteiger partial charge in [0.25, 0.3) is 0 Å². The van der Waals surface area contributed by atoms with Crippen LogP contribution in [0, 0.1) is 27.7 Å². The van der Waals surface area contributed by atoms with E-state index in [2.05, 4.69) is 43.0 Å². The predicted molar refractivity (Wildman–Crippen MR) is 247 cm³/mol. The first-order chi connectivity index (χ1) is 29.7. The number of hydrogen-bond donors (Lipinski definition) is 0. The summed E-state index contributed by atoms with van der Waals surface area (Å²) in [7, 11) is -9.62. The van der Waals surface area contributed by atoms with Crippen LogP contribution in [0.4, 0.5) is 17.1 Å². The Hall–Kier alpha value is -4.03. The van der Waals surface area contributed by atoms with E-state index in [1.165, 1.54) is 24.3 Å². The van der Waals surface area contributed by atoms with Gasteiger partial charge in [-0.2, -0.15) is 4.58 Å². The van der Waals surface area contributed by atoms with Gasteiger partial charge in [0.2, 0.25) is 11.0 Å². The van der Waals surface area contributed by atoms with Crippen molar-refractivity contribution in [3.63, 3.8) is 0 Å². The van der Waals surface area contributed by atoms with Gasteiger partial charge in [-0.05, 0) is 99.5 Å². The van der Waals surface area contributed by atoms with Gasteiger partial charge in [0.1, 0.15) is 31.6 Å².